The van der Waals surface area contributed by atoms with Crippen LogP contribution in [0.25, 0.3) is 0 Å². The lowest BCUT2D eigenvalue weighted by molar-refractivity contribution is 0.339. The number of rotatable bonds is 6. The van der Waals surface area contributed by atoms with Crippen LogP contribution in [0.1, 0.15) is 39.5 Å². The summed E-state index contributed by atoms with van der Waals surface area (Å²) in [5, 5.41) is 0. The van der Waals surface area contributed by atoms with Crippen LogP contribution >= 0.6 is 0 Å². The molecular weight excluding hydrogens is 134 g/mol. The Bertz CT molecular complexity index is 78.9. The summed E-state index contributed by atoms with van der Waals surface area (Å²) in [6, 6.07) is 0.631. The maximum atomic E-state index is 2.40. The molecule has 67 valence electrons. The molecule has 0 N–H and O–H groups in total. The van der Waals surface area contributed by atoms with Gasteiger partial charge in [0, 0.05) is 6.04 Å². The Morgan fingerprint density at radius 2 is 1.91 bits per heavy atom. The van der Waals surface area contributed by atoms with Crippen LogP contribution in [0.2, 0.25) is 0 Å². The highest BCUT2D eigenvalue weighted by atomic mass is 15.1. The lowest BCUT2D eigenvalue weighted by Gasteiger charge is -2.18. The fourth-order valence-electron chi connectivity index (χ4n) is 0.964. The molecule has 0 aromatic carbocycles. The average Bonchev–Trinajstić information content (AvgIpc) is 1.97. The average molecular weight is 156 g/mol. The Morgan fingerprint density at radius 3 is 2.36 bits per heavy atom. The van der Waals surface area contributed by atoms with Gasteiger partial charge in [0.15, 0.2) is 0 Å². The molecule has 0 amide bonds. The SMILES string of the molecule is CCCCC[CH]C(C)N(C)C. The van der Waals surface area contributed by atoms with Crippen molar-refractivity contribution in [3.05, 3.63) is 6.42 Å². The molecule has 1 nitrogen and oxygen atoms in total. The molecule has 0 aliphatic carbocycles. The van der Waals surface area contributed by atoms with Crippen molar-refractivity contribution in [1.82, 2.24) is 4.90 Å². The molecular formula is C10H22N. The van der Waals surface area contributed by atoms with E-state index >= 15 is 0 Å². The minimum atomic E-state index is 0.631. The minimum absolute atomic E-state index is 0.631. The van der Waals surface area contributed by atoms with Gasteiger partial charge in [0.25, 0.3) is 0 Å². The Kier molecular flexibility index (Phi) is 6.63. The summed E-state index contributed by atoms with van der Waals surface area (Å²) in [6.07, 6.45) is 7.72. The van der Waals surface area contributed by atoms with Crippen LogP contribution in [0.3, 0.4) is 0 Å². The van der Waals surface area contributed by atoms with Crippen LogP contribution < -0.4 is 0 Å². The zero-order valence-corrected chi connectivity index (χ0v) is 8.43. The molecule has 0 heterocycles. The fraction of sp³-hybridized carbons (Fsp3) is 0.900. The summed E-state index contributed by atoms with van der Waals surface area (Å²) in [6.45, 7) is 4.49. The highest BCUT2D eigenvalue weighted by Gasteiger charge is 2.02. The van der Waals surface area contributed by atoms with Crippen LogP contribution in [0.5, 0.6) is 0 Å². The molecule has 0 aliphatic rings. The minimum Gasteiger partial charge on any atom is -0.306 e. The maximum absolute atomic E-state index is 2.40. The van der Waals surface area contributed by atoms with Gasteiger partial charge in [0.1, 0.15) is 0 Å². The quantitative estimate of drug-likeness (QED) is 0.534. The molecule has 1 radical (unpaired) electrons. The third kappa shape index (κ3) is 6.36. The summed E-state index contributed by atoms with van der Waals surface area (Å²) in [5.74, 6) is 0. The van der Waals surface area contributed by atoms with Crippen LogP contribution in [0.15, 0.2) is 0 Å². The van der Waals surface area contributed by atoms with Crippen molar-refractivity contribution >= 4 is 0 Å². The van der Waals surface area contributed by atoms with Crippen molar-refractivity contribution in [3.63, 3.8) is 0 Å². The molecule has 11 heavy (non-hydrogen) atoms. The van der Waals surface area contributed by atoms with E-state index in [0.717, 1.165) is 0 Å². The van der Waals surface area contributed by atoms with E-state index in [1.54, 1.807) is 0 Å². The molecule has 0 spiro atoms. The monoisotopic (exact) mass is 156 g/mol. The zero-order valence-electron chi connectivity index (χ0n) is 8.43. The zero-order chi connectivity index (χ0) is 8.69. The number of hydrogen-bond donors (Lipinski definition) is 0. The van der Waals surface area contributed by atoms with Gasteiger partial charge in [0.05, 0.1) is 0 Å². The lowest BCUT2D eigenvalue weighted by atomic mass is 10.1. The number of hydrogen-bond acceptors (Lipinski definition) is 1. The molecule has 0 bridgehead atoms. The first-order valence-electron chi connectivity index (χ1n) is 4.68. The van der Waals surface area contributed by atoms with E-state index in [1.807, 2.05) is 0 Å². The first-order chi connectivity index (χ1) is 5.18. The molecule has 0 aromatic rings. The lowest BCUT2D eigenvalue weighted by Crippen LogP contribution is -2.24. The van der Waals surface area contributed by atoms with E-state index in [-0.39, 0.29) is 0 Å². The van der Waals surface area contributed by atoms with Gasteiger partial charge in [-0.3, -0.25) is 0 Å². The van der Waals surface area contributed by atoms with E-state index in [1.165, 1.54) is 25.7 Å². The van der Waals surface area contributed by atoms with Crippen molar-refractivity contribution < 1.29 is 0 Å². The molecule has 0 rings (SSSR count). The van der Waals surface area contributed by atoms with Crippen LogP contribution in [0.4, 0.5) is 0 Å². The summed E-state index contributed by atoms with van der Waals surface area (Å²) in [5.41, 5.74) is 0. The Labute approximate surface area is 71.8 Å². The third-order valence-corrected chi connectivity index (χ3v) is 2.13. The second-order valence-electron chi connectivity index (χ2n) is 3.44. The van der Waals surface area contributed by atoms with E-state index < -0.39 is 0 Å². The van der Waals surface area contributed by atoms with Gasteiger partial charge in [-0.15, -0.1) is 0 Å². The molecule has 1 atom stereocenters. The van der Waals surface area contributed by atoms with Gasteiger partial charge in [-0.25, -0.2) is 0 Å². The van der Waals surface area contributed by atoms with Crippen molar-refractivity contribution in [3.8, 4) is 0 Å². The van der Waals surface area contributed by atoms with E-state index in [4.69, 9.17) is 0 Å². The predicted molar refractivity (Wildman–Crippen MR) is 51.6 cm³/mol. The topological polar surface area (TPSA) is 3.24 Å². The molecule has 0 aromatic heterocycles. The molecule has 0 fully saturated rings. The smallest absolute Gasteiger partial charge is 0.00923 e. The molecule has 1 unspecified atom stereocenters. The summed E-state index contributed by atoms with van der Waals surface area (Å²) in [7, 11) is 4.25. The van der Waals surface area contributed by atoms with Crippen molar-refractivity contribution in [2.75, 3.05) is 14.1 Å². The largest absolute Gasteiger partial charge is 0.306 e. The standard InChI is InChI=1S/C10H22N/c1-5-6-7-8-9-10(2)11(3)4/h9-10H,5-8H2,1-4H3. The van der Waals surface area contributed by atoms with Gasteiger partial charge in [-0.1, -0.05) is 26.2 Å². The number of nitrogens with zero attached hydrogens (tertiary/aromatic N) is 1. The second-order valence-corrected chi connectivity index (χ2v) is 3.44. The van der Waals surface area contributed by atoms with E-state index in [0.29, 0.717) is 6.04 Å². The molecule has 0 aliphatic heterocycles. The van der Waals surface area contributed by atoms with E-state index in [2.05, 4.69) is 39.3 Å². The highest BCUT2D eigenvalue weighted by Crippen LogP contribution is 2.06. The van der Waals surface area contributed by atoms with Gasteiger partial charge in [-0.05, 0) is 33.9 Å². The molecule has 0 saturated carbocycles. The summed E-state index contributed by atoms with van der Waals surface area (Å²) < 4.78 is 0. The fourth-order valence-corrected chi connectivity index (χ4v) is 0.964. The predicted octanol–water partition coefficient (Wildman–Crippen LogP) is 2.72. The molecule has 1 heteroatoms. The van der Waals surface area contributed by atoms with Crippen molar-refractivity contribution in [2.45, 2.75) is 45.6 Å². The van der Waals surface area contributed by atoms with Gasteiger partial charge in [0.2, 0.25) is 0 Å². The number of unbranched alkanes of at least 4 members (excludes halogenated alkanes) is 3. The Balaban J connectivity index is 3.10. The van der Waals surface area contributed by atoms with Crippen molar-refractivity contribution in [1.29, 1.82) is 0 Å². The maximum Gasteiger partial charge on any atom is 0.00923 e. The highest BCUT2D eigenvalue weighted by molar-refractivity contribution is 4.77. The van der Waals surface area contributed by atoms with Gasteiger partial charge in [-0.2, -0.15) is 0 Å². The third-order valence-electron chi connectivity index (χ3n) is 2.13. The van der Waals surface area contributed by atoms with Gasteiger partial charge < -0.3 is 4.90 Å². The normalized spacial score (nSPS) is 13.9. The summed E-state index contributed by atoms with van der Waals surface area (Å²) >= 11 is 0. The van der Waals surface area contributed by atoms with Crippen LogP contribution in [0, 0.1) is 6.42 Å². The first kappa shape index (κ1) is 11.0. The first-order valence-corrected chi connectivity index (χ1v) is 4.68. The second kappa shape index (κ2) is 6.66. The van der Waals surface area contributed by atoms with Crippen molar-refractivity contribution in [2.24, 2.45) is 0 Å². The van der Waals surface area contributed by atoms with E-state index in [9.17, 15) is 0 Å². The Hall–Kier alpha value is -0.0400. The summed E-state index contributed by atoms with van der Waals surface area (Å²) in [4.78, 5) is 2.24. The van der Waals surface area contributed by atoms with Gasteiger partial charge >= 0.3 is 0 Å². The van der Waals surface area contributed by atoms with Crippen LogP contribution in [-0.2, 0) is 0 Å². The Morgan fingerprint density at radius 1 is 1.27 bits per heavy atom. The molecule has 0 saturated heterocycles. The van der Waals surface area contributed by atoms with Crippen LogP contribution in [-0.4, -0.2) is 25.0 Å².